The van der Waals surface area contributed by atoms with Gasteiger partial charge in [0.1, 0.15) is 5.75 Å². The molecule has 0 saturated heterocycles. The van der Waals surface area contributed by atoms with Gasteiger partial charge in [0, 0.05) is 22.3 Å². The largest absolute Gasteiger partial charge is 0.483 e. The van der Waals surface area contributed by atoms with E-state index in [0.29, 0.717) is 17.0 Å². The van der Waals surface area contributed by atoms with Crippen molar-refractivity contribution < 1.29 is 19.1 Å². The maximum Gasteiger partial charge on any atom is 0.329 e. The Hall–Kier alpha value is -3.98. The van der Waals surface area contributed by atoms with Crippen molar-refractivity contribution in [2.24, 2.45) is 5.10 Å². The third-order valence-corrected chi connectivity index (χ3v) is 5.08. The monoisotopic (exact) mass is 522 g/mol. The Balaban J connectivity index is 1.48. The molecule has 3 aromatic rings. The van der Waals surface area contributed by atoms with Crippen molar-refractivity contribution in [1.29, 1.82) is 0 Å². The number of anilines is 1. The molecule has 0 unspecified atom stereocenters. The normalized spacial score (nSPS) is 10.5. The van der Waals surface area contributed by atoms with Gasteiger partial charge in [-0.15, -0.1) is 0 Å². The lowest BCUT2D eigenvalue weighted by Gasteiger charge is -2.09. The number of rotatable bonds is 8. The Kier molecular flexibility index (Phi) is 8.93. The summed E-state index contributed by atoms with van der Waals surface area (Å²) in [6.07, 6.45) is 1.34. The molecular weight excluding hydrogens is 500 g/mol. The number of carbonyl (C=O) groups is 3. The third kappa shape index (κ3) is 7.86. The number of halogens is 1. The van der Waals surface area contributed by atoms with Gasteiger partial charge in [-0.2, -0.15) is 5.10 Å². The summed E-state index contributed by atoms with van der Waals surface area (Å²) >= 11 is 3.34. The van der Waals surface area contributed by atoms with Crippen LogP contribution >= 0.6 is 15.9 Å². The van der Waals surface area contributed by atoms with Gasteiger partial charge in [0.15, 0.2) is 6.61 Å². The van der Waals surface area contributed by atoms with Gasteiger partial charge in [0.05, 0.1) is 6.21 Å². The molecule has 34 heavy (non-hydrogen) atoms. The van der Waals surface area contributed by atoms with Gasteiger partial charge in [0.25, 0.3) is 5.91 Å². The minimum absolute atomic E-state index is 0.214. The summed E-state index contributed by atoms with van der Waals surface area (Å²) in [5, 5.41) is 9.10. The van der Waals surface area contributed by atoms with Crippen LogP contribution in [0.3, 0.4) is 0 Å². The van der Waals surface area contributed by atoms with Crippen LogP contribution < -0.4 is 20.8 Å². The van der Waals surface area contributed by atoms with Crippen molar-refractivity contribution in [3.63, 3.8) is 0 Å². The number of para-hydroxylation sites is 1. The summed E-state index contributed by atoms with van der Waals surface area (Å²) in [7, 11) is 0. The van der Waals surface area contributed by atoms with Gasteiger partial charge in [-0.05, 0) is 48.9 Å². The van der Waals surface area contributed by atoms with Crippen LogP contribution in [0.2, 0.25) is 0 Å². The quantitative estimate of drug-likeness (QED) is 0.239. The molecule has 0 aliphatic heterocycles. The predicted octanol–water partition coefficient (Wildman–Crippen LogP) is 3.54. The Morgan fingerprint density at radius 1 is 0.941 bits per heavy atom. The molecule has 0 atom stereocenters. The highest BCUT2D eigenvalue weighted by Crippen LogP contribution is 2.17. The van der Waals surface area contributed by atoms with Crippen LogP contribution in [0, 0.1) is 6.92 Å². The molecule has 0 saturated carbocycles. The Bertz CT molecular complexity index is 1180. The zero-order chi connectivity index (χ0) is 24.3. The lowest BCUT2D eigenvalue weighted by atomic mass is 10.1. The van der Waals surface area contributed by atoms with Crippen LogP contribution in [-0.4, -0.2) is 30.5 Å². The fourth-order valence-corrected chi connectivity index (χ4v) is 3.04. The maximum absolute atomic E-state index is 12.2. The van der Waals surface area contributed by atoms with E-state index in [0.717, 1.165) is 15.6 Å². The molecule has 0 radical (unpaired) electrons. The number of amides is 3. The second kappa shape index (κ2) is 12.3. The molecule has 0 aromatic heterocycles. The van der Waals surface area contributed by atoms with Crippen LogP contribution in [0.25, 0.3) is 0 Å². The number of aryl methyl sites for hydroxylation is 1. The van der Waals surface area contributed by atoms with Crippen LogP contribution in [0.4, 0.5) is 5.69 Å². The second-order valence-electron chi connectivity index (χ2n) is 7.25. The number of hydrogen-bond donors (Lipinski definition) is 3. The molecule has 0 fully saturated rings. The minimum Gasteiger partial charge on any atom is -0.483 e. The second-order valence-corrected chi connectivity index (χ2v) is 8.16. The molecule has 3 N–H and O–H groups in total. The van der Waals surface area contributed by atoms with E-state index in [-0.39, 0.29) is 19.1 Å². The van der Waals surface area contributed by atoms with E-state index in [1.54, 1.807) is 36.4 Å². The smallest absolute Gasteiger partial charge is 0.329 e. The highest BCUT2D eigenvalue weighted by Gasteiger charge is 2.12. The first-order chi connectivity index (χ1) is 16.4. The number of nitrogens with one attached hydrogen (secondary N) is 3. The van der Waals surface area contributed by atoms with E-state index in [2.05, 4.69) is 37.1 Å². The fourth-order valence-electron chi connectivity index (χ4n) is 2.77. The van der Waals surface area contributed by atoms with E-state index in [9.17, 15) is 14.4 Å². The average molecular weight is 523 g/mol. The average Bonchev–Trinajstić information content (AvgIpc) is 2.84. The van der Waals surface area contributed by atoms with Crippen LogP contribution in [-0.2, 0) is 20.9 Å². The Labute approximate surface area is 205 Å². The van der Waals surface area contributed by atoms with E-state index in [1.807, 2.05) is 43.3 Å². The molecule has 8 nitrogen and oxygen atoms in total. The van der Waals surface area contributed by atoms with Crippen LogP contribution in [0.15, 0.2) is 82.4 Å². The third-order valence-electron chi connectivity index (χ3n) is 4.56. The first-order valence-electron chi connectivity index (χ1n) is 10.3. The number of ether oxygens (including phenoxy) is 1. The molecule has 0 aliphatic carbocycles. The van der Waals surface area contributed by atoms with Gasteiger partial charge in [-0.1, -0.05) is 57.9 Å². The topological polar surface area (TPSA) is 109 Å². The Morgan fingerprint density at radius 2 is 1.65 bits per heavy atom. The van der Waals surface area contributed by atoms with Crippen molar-refractivity contribution >= 4 is 45.6 Å². The first-order valence-corrected chi connectivity index (χ1v) is 11.1. The van der Waals surface area contributed by atoms with E-state index in [1.165, 1.54) is 6.21 Å². The van der Waals surface area contributed by atoms with Gasteiger partial charge in [-0.3, -0.25) is 14.4 Å². The van der Waals surface area contributed by atoms with E-state index >= 15 is 0 Å². The molecular formula is C25H23BrN4O4. The molecule has 3 aromatic carbocycles. The van der Waals surface area contributed by atoms with Crippen LogP contribution in [0.5, 0.6) is 5.75 Å². The van der Waals surface area contributed by atoms with Crippen molar-refractivity contribution in [3.8, 4) is 5.75 Å². The zero-order valence-corrected chi connectivity index (χ0v) is 20.0. The highest BCUT2D eigenvalue weighted by molar-refractivity contribution is 9.10. The minimum atomic E-state index is -0.893. The van der Waals surface area contributed by atoms with Gasteiger partial charge in [0.2, 0.25) is 0 Å². The van der Waals surface area contributed by atoms with Crippen molar-refractivity contribution in [2.75, 3.05) is 11.9 Å². The lowest BCUT2D eigenvalue weighted by Crippen LogP contribution is -2.37. The molecule has 0 bridgehead atoms. The van der Waals surface area contributed by atoms with Crippen molar-refractivity contribution in [3.05, 3.63) is 94.0 Å². The summed E-state index contributed by atoms with van der Waals surface area (Å²) in [6.45, 7) is 1.99. The number of carbonyl (C=O) groups excluding carboxylic acids is 3. The summed E-state index contributed by atoms with van der Waals surface area (Å²) in [5.74, 6) is -1.62. The summed E-state index contributed by atoms with van der Waals surface area (Å²) in [4.78, 5) is 36.1. The molecule has 0 spiro atoms. The zero-order valence-electron chi connectivity index (χ0n) is 18.4. The number of hydrazone groups is 1. The standard InChI is InChI=1S/C25H23BrN4O4/c1-17-6-8-18(9-7-17)14-27-24(32)25(33)30-28-15-19-4-2-3-5-22(19)34-16-23(31)29-21-12-10-20(26)11-13-21/h2-13,15H,14,16H2,1H3,(H,27,32)(H,29,31)(H,30,33)/b28-15-. The molecule has 3 amide bonds. The van der Waals surface area contributed by atoms with Crippen LogP contribution in [0.1, 0.15) is 16.7 Å². The SMILES string of the molecule is Cc1ccc(CNC(=O)C(=O)N/N=C\c2ccccc2OCC(=O)Nc2ccc(Br)cc2)cc1. The first kappa shape index (κ1) is 24.7. The van der Waals surface area contributed by atoms with E-state index < -0.39 is 11.8 Å². The van der Waals surface area contributed by atoms with Crippen molar-refractivity contribution in [2.45, 2.75) is 13.5 Å². The summed E-state index contributed by atoms with van der Waals surface area (Å²) < 4.78 is 6.50. The molecule has 174 valence electrons. The van der Waals surface area contributed by atoms with Gasteiger partial charge < -0.3 is 15.4 Å². The number of benzene rings is 3. The summed E-state index contributed by atoms with van der Waals surface area (Å²) in [6, 6.07) is 21.7. The molecule has 0 aliphatic rings. The maximum atomic E-state index is 12.2. The molecule has 3 rings (SSSR count). The number of hydrogen-bond acceptors (Lipinski definition) is 5. The van der Waals surface area contributed by atoms with Gasteiger partial charge >= 0.3 is 11.8 Å². The summed E-state index contributed by atoms with van der Waals surface area (Å²) in [5.41, 5.74) is 5.35. The lowest BCUT2D eigenvalue weighted by molar-refractivity contribution is -0.139. The van der Waals surface area contributed by atoms with E-state index in [4.69, 9.17) is 4.74 Å². The molecule has 0 heterocycles. The predicted molar refractivity (Wildman–Crippen MR) is 133 cm³/mol. The Morgan fingerprint density at radius 3 is 2.38 bits per heavy atom. The van der Waals surface area contributed by atoms with Gasteiger partial charge in [-0.25, -0.2) is 5.43 Å². The van der Waals surface area contributed by atoms with Crippen molar-refractivity contribution in [1.82, 2.24) is 10.7 Å². The fraction of sp³-hybridized carbons (Fsp3) is 0.120. The molecule has 9 heteroatoms. The number of nitrogens with zero attached hydrogens (tertiary/aromatic N) is 1. The highest BCUT2D eigenvalue weighted by atomic mass is 79.9.